The van der Waals surface area contributed by atoms with Crippen molar-refractivity contribution in [3.05, 3.63) is 47.5 Å². The predicted octanol–water partition coefficient (Wildman–Crippen LogP) is 2.85. The fourth-order valence-electron chi connectivity index (χ4n) is 2.72. The first-order chi connectivity index (χ1) is 12.3. The second-order valence-corrected chi connectivity index (χ2v) is 5.96. The number of ether oxygens (including phenoxy) is 1. The third-order valence-electron chi connectivity index (χ3n) is 4.19. The Hall–Kier alpha value is -2.62. The van der Waals surface area contributed by atoms with Crippen LogP contribution in [-0.2, 0) is 4.74 Å². The smallest absolute Gasteiger partial charge is 0.232 e. The molecule has 0 radical (unpaired) electrons. The van der Waals surface area contributed by atoms with Crippen LogP contribution in [0.5, 0.6) is 0 Å². The van der Waals surface area contributed by atoms with E-state index in [4.69, 9.17) is 9.15 Å². The summed E-state index contributed by atoms with van der Waals surface area (Å²) in [6.07, 6.45) is 3.68. The van der Waals surface area contributed by atoms with Crippen molar-refractivity contribution in [1.29, 1.82) is 5.26 Å². The molecule has 1 aliphatic rings. The van der Waals surface area contributed by atoms with E-state index in [9.17, 15) is 5.26 Å². The van der Waals surface area contributed by atoms with Crippen molar-refractivity contribution in [1.82, 2.24) is 9.88 Å². The summed E-state index contributed by atoms with van der Waals surface area (Å²) in [5, 5.41) is 12.5. The summed E-state index contributed by atoms with van der Waals surface area (Å²) in [5.74, 6) is 0.845. The van der Waals surface area contributed by atoms with Gasteiger partial charge in [0.15, 0.2) is 0 Å². The van der Waals surface area contributed by atoms with Crippen LogP contribution >= 0.6 is 0 Å². The van der Waals surface area contributed by atoms with Crippen molar-refractivity contribution >= 4 is 18.0 Å². The Balaban J connectivity index is 1.62. The van der Waals surface area contributed by atoms with Crippen molar-refractivity contribution < 1.29 is 9.15 Å². The number of aromatic nitrogens is 1. The van der Waals surface area contributed by atoms with Crippen LogP contribution in [0.2, 0.25) is 0 Å². The molecule has 0 bridgehead atoms. The van der Waals surface area contributed by atoms with E-state index in [1.54, 1.807) is 6.08 Å². The normalized spacial score (nSPS) is 16.6. The molecule has 0 aliphatic carbocycles. The van der Waals surface area contributed by atoms with Crippen LogP contribution in [0.3, 0.4) is 0 Å². The van der Waals surface area contributed by atoms with Gasteiger partial charge in [0.25, 0.3) is 0 Å². The van der Waals surface area contributed by atoms with Gasteiger partial charge in [0.2, 0.25) is 17.5 Å². The average molecular weight is 338 g/mol. The maximum atomic E-state index is 9.27. The van der Waals surface area contributed by atoms with Gasteiger partial charge < -0.3 is 14.5 Å². The topological polar surface area (TPSA) is 74.3 Å². The summed E-state index contributed by atoms with van der Waals surface area (Å²) in [7, 11) is 0. The molecule has 0 spiro atoms. The van der Waals surface area contributed by atoms with E-state index in [0.29, 0.717) is 24.4 Å². The molecular formula is C19H22N4O2. The zero-order valence-corrected chi connectivity index (χ0v) is 14.3. The summed E-state index contributed by atoms with van der Waals surface area (Å²) >= 11 is 0. The fourth-order valence-corrected chi connectivity index (χ4v) is 2.72. The van der Waals surface area contributed by atoms with E-state index in [-0.39, 0.29) is 5.69 Å². The molecule has 1 unspecified atom stereocenters. The second-order valence-electron chi connectivity index (χ2n) is 5.96. The van der Waals surface area contributed by atoms with Crippen molar-refractivity contribution in [2.24, 2.45) is 0 Å². The number of rotatable bonds is 6. The number of anilines is 1. The highest BCUT2D eigenvalue weighted by atomic mass is 16.5. The molecule has 6 nitrogen and oxygen atoms in total. The molecule has 1 atom stereocenters. The molecule has 6 heteroatoms. The zero-order valence-electron chi connectivity index (χ0n) is 14.3. The van der Waals surface area contributed by atoms with E-state index in [1.807, 2.05) is 36.4 Å². The minimum absolute atomic E-state index is 0.280. The molecule has 2 aromatic rings. The summed E-state index contributed by atoms with van der Waals surface area (Å²) in [6, 6.07) is 12.3. The Morgan fingerprint density at radius 3 is 2.76 bits per heavy atom. The lowest BCUT2D eigenvalue weighted by Gasteiger charge is -2.32. The number of morpholine rings is 1. The van der Waals surface area contributed by atoms with Gasteiger partial charge in [-0.25, -0.2) is 0 Å². The molecule has 1 fully saturated rings. The molecule has 1 aliphatic heterocycles. The molecule has 0 saturated carbocycles. The highest BCUT2D eigenvalue weighted by Crippen LogP contribution is 2.19. The van der Waals surface area contributed by atoms with Gasteiger partial charge >= 0.3 is 0 Å². The lowest BCUT2D eigenvalue weighted by Crippen LogP contribution is -2.45. The van der Waals surface area contributed by atoms with E-state index in [0.717, 1.165) is 31.9 Å². The first kappa shape index (κ1) is 17.2. The first-order valence-corrected chi connectivity index (χ1v) is 8.46. The molecule has 2 heterocycles. The van der Waals surface area contributed by atoms with Gasteiger partial charge in [0.05, 0.1) is 13.2 Å². The Labute approximate surface area is 147 Å². The number of hydrogen-bond acceptors (Lipinski definition) is 6. The summed E-state index contributed by atoms with van der Waals surface area (Å²) in [6.45, 7) is 6.22. The molecule has 25 heavy (non-hydrogen) atoms. The number of nitrogens with one attached hydrogen (secondary N) is 1. The van der Waals surface area contributed by atoms with Crippen LogP contribution < -0.4 is 5.32 Å². The van der Waals surface area contributed by atoms with Gasteiger partial charge in [-0.2, -0.15) is 10.2 Å². The van der Waals surface area contributed by atoms with Gasteiger partial charge in [-0.15, -0.1) is 0 Å². The molecule has 130 valence electrons. The van der Waals surface area contributed by atoms with Crippen LogP contribution in [0.15, 0.2) is 34.7 Å². The van der Waals surface area contributed by atoms with Gasteiger partial charge in [-0.05, 0) is 18.6 Å². The lowest BCUT2D eigenvalue weighted by atomic mass is 10.2. The monoisotopic (exact) mass is 338 g/mol. The number of nitrogens with zero attached hydrogens (tertiary/aromatic N) is 3. The van der Waals surface area contributed by atoms with Crippen molar-refractivity contribution in [2.75, 3.05) is 38.2 Å². The molecule has 3 rings (SSSR count). The average Bonchev–Trinajstić information content (AvgIpc) is 3.08. The fraction of sp³-hybridized carbons (Fsp3) is 0.368. The van der Waals surface area contributed by atoms with Crippen molar-refractivity contribution in [3.8, 4) is 6.07 Å². The standard InChI is InChI=1S/C19H22N4O2/c1-15(23-9-11-24-12-10-23)14-21-19-17(13-20)22-18(25-19)8-7-16-5-3-2-4-6-16/h2-8,15,21H,9-12,14H2,1H3. The molecule has 0 amide bonds. The lowest BCUT2D eigenvalue weighted by molar-refractivity contribution is 0.0226. The number of hydrogen-bond donors (Lipinski definition) is 1. The van der Waals surface area contributed by atoms with Crippen LogP contribution in [0.1, 0.15) is 24.1 Å². The molecule has 1 N–H and O–H groups in total. The van der Waals surface area contributed by atoms with Crippen molar-refractivity contribution in [3.63, 3.8) is 0 Å². The number of nitriles is 1. The molecule has 1 saturated heterocycles. The maximum Gasteiger partial charge on any atom is 0.232 e. The molecule has 1 aromatic heterocycles. The van der Waals surface area contributed by atoms with E-state index in [1.165, 1.54) is 0 Å². The van der Waals surface area contributed by atoms with Gasteiger partial charge in [0.1, 0.15) is 6.07 Å². The Morgan fingerprint density at radius 2 is 2.04 bits per heavy atom. The molecular weight excluding hydrogens is 316 g/mol. The maximum absolute atomic E-state index is 9.27. The third-order valence-corrected chi connectivity index (χ3v) is 4.19. The highest BCUT2D eigenvalue weighted by molar-refractivity contribution is 5.67. The highest BCUT2D eigenvalue weighted by Gasteiger charge is 2.18. The van der Waals surface area contributed by atoms with Crippen LogP contribution in [0.4, 0.5) is 5.88 Å². The van der Waals surface area contributed by atoms with Gasteiger partial charge in [0, 0.05) is 31.8 Å². The van der Waals surface area contributed by atoms with E-state index < -0.39 is 0 Å². The SMILES string of the molecule is CC(CNc1oc(C=Cc2ccccc2)nc1C#N)N1CCOCC1. The summed E-state index contributed by atoms with van der Waals surface area (Å²) in [5.41, 5.74) is 1.33. The van der Waals surface area contributed by atoms with Crippen LogP contribution in [0.25, 0.3) is 12.2 Å². The number of benzene rings is 1. The van der Waals surface area contributed by atoms with Crippen molar-refractivity contribution in [2.45, 2.75) is 13.0 Å². The Morgan fingerprint density at radius 1 is 1.28 bits per heavy atom. The quantitative estimate of drug-likeness (QED) is 0.873. The second kappa shape index (κ2) is 8.47. The largest absolute Gasteiger partial charge is 0.420 e. The van der Waals surface area contributed by atoms with Gasteiger partial charge in [-0.1, -0.05) is 30.3 Å². The first-order valence-electron chi connectivity index (χ1n) is 8.46. The summed E-state index contributed by atoms with van der Waals surface area (Å²) in [4.78, 5) is 6.58. The minimum atomic E-state index is 0.280. The third kappa shape index (κ3) is 4.69. The Bertz CT molecular complexity index is 743. The zero-order chi connectivity index (χ0) is 17.5. The van der Waals surface area contributed by atoms with Crippen LogP contribution in [-0.4, -0.2) is 48.8 Å². The number of oxazole rings is 1. The van der Waals surface area contributed by atoms with E-state index in [2.05, 4.69) is 28.2 Å². The Kier molecular flexibility index (Phi) is 5.83. The van der Waals surface area contributed by atoms with Crippen LogP contribution in [0, 0.1) is 11.3 Å². The minimum Gasteiger partial charge on any atom is -0.420 e. The molecule has 1 aromatic carbocycles. The van der Waals surface area contributed by atoms with E-state index >= 15 is 0 Å². The van der Waals surface area contributed by atoms with Gasteiger partial charge in [-0.3, -0.25) is 4.90 Å². The predicted molar refractivity (Wildman–Crippen MR) is 96.9 cm³/mol. The summed E-state index contributed by atoms with van der Waals surface area (Å²) < 4.78 is 11.1.